The van der Waals surface area contributed by atoms with E-state index in [1.54, 1.807) is 36.9 Å². The van der Waals surface area contributed by atoms with Crippen LogP contribution in [-0.4, -0.2) is 25.2 Å². The minimum Gasteiger partial charge on any atom is -0.277 e. The van der Waals surface area contributed by atoms with Gasteiger partial charge in [-0.05, 0) is 32.9 Å². The van der Waals surface area contributed by atoms with E-state index in [1.165, 1.54) is 4.57 Å². The predicted octanol–water partition coefficient (Wildman–Crippen LogP) is 1.52. The van der Waals surface area contributed by atoms with Gasteiger partial charge in [0, 0.05) is 19.3 Å². The van der Waals surface area contributed by atoms with Crippen LogP contribution in [0.1, 0.15) is 28.7 Å². The first-order chi connectivity index (χ1) is 11.9. The second-order valence-corrected chi connectivity index (χ2v) is 5.75. The number of rotatable bonds is 4. The van der Waals surface area contributed by atoms with Crippen molar-refractivity contribution < 1.29 is 4.79 Å². The Bertz CT molecular complexity index is 1020. The molecule has 3 rings (SSSR count). The number of fused-ring (bicyclic) bond motifs is 1. The van der Waals surface area contributed by atoms with Gasteiger partial charge in [-0.3, -0.25) is 29.7 Å². The van der Waals surface area contributed by atoms with E-state index >= 15 is 0 Å². The second kappa shape index (κ2) is 6.39. The Balaban J connectivity index is 1.93. The van der Waals surface area contributed by atoms with Crippen molar-refractivity contribution in [2.45, 2.75) is 27.3 Å². The number of nitrogens with zero attached hydrogens (tertiary/aromatic N) is 4. The normalized spacial score (nSPS) is 10.9. The lowest BCUT2D eigenvalue weighted by Crippen LogP contribution is -2.34. The molecule has 130 valence electrons. The zero-order valence-corrected chi connectivity index (χ0v) is 14.6. The molecular weight excluding hydrogens is 320 g/mol. The van der Waals surface area contributed by atoms with Crippen molar-refractivity contribution in [1.82, 2.24) is 24.8 Å². The van der Waals surface area contributed by atoms with E-state index in [0.717, 1.165) is 5.69 Å². The smallest absolute Gasteiger partial charge is 0.273 e. The van der Waals surface area contributed by atoms with Crippen molar-refractivity contribution in [1.29, 1.82) is 0 Å². The lowest BCUT2D eigenvalue weighted by Gasteiger charge is -2.14. The predicted molar refractivity (Wildman–Crippen MR) is 95.4 cm³/mol. The summed E-state index contributed by atoms with van der Waals surface area (Å²) >= 11 is 0. The number of para-hydroxylation sites is 1. The number of hydrogen-bond acceptors (Lipinski definition) is 5. The molecule has 3 aromatic rings. The van der Waals surface area contributed by atoms with Gasteiger partial charge in [0.2, 0.25) is 5.95 Å². The zero-order valence-electron chi connectivity index (χ0n) is 14.6. The van der Waals surface area contributed by atoms with E-state index in [-0.39, 0.29) is 11.5 Å². The van der Waals surface area contributed by atoms with Crippen molar-refractivity contribution in [3.05, 3.63) is 51.6 Å². The van der Waals surface area contributed by atoms with Gasteiger partial charge in [0.15, 0.2) is 0 Å². The maximum absolute atomic E-state index is 12.6. The average molecular weight is 340 g/mol. The van der Waals surface area contributed by atoms with Crippen molar-refractivity contribution in [2.24, 2.45) is 7.05 Å². The maximum atomic E-state index is 12.6. The highest BCUT2D eigenvalue weighted by Crippen LogP contribution is 2.13. The number of amides is 1. The van der Waals surface area contributed by atoms with Crippen LogP contribution in [0.15, 0.2) is 29.1 Å². The summed E-state index contributed by atoms with van der Waals surface area (Å²) in [7, 11) is 1.78. The molecule has 1 amide bonds. The molecule has 0 saturated carbocycles. The molecule has 8 nitrogen and oxygen atoms in total. The van der Waals surface area contributed by atoms with Crippen LogP contribution in [0, 0.1) is 13.8 Å². The van der Waals surface area contributed by atoms with E-state index in [2.05, 4.69) is 20.9 Å². The molecule has 0 aliphatic rings. The van der Waals surface area contributed by atoms with Crippen LogP contribution in [0.25, 0.3) is 10.9 Å². The van der Waals surface area contributed by atoms with Crippen molar-refractivity contribution in [3.8, 4) is 0 Å². The monoisotopic (exact) mass is 340 g/mol. The third-order valence-corrected chi connectivity index (χ3v) is 4.20. The summed E-state index contributed by atoms with van der Waals surface area (Å²) in [6.07, 6.45) is 0. The number of aryl methyl sites for hydroxylation is 2. The number of carbonyl (C=O) groups excluding carboxylic acids is 1. The van der Waals surface area contributed by atoms with Gasteiger partial charge in [-0.1, -0.05) is 12.1 Å². The topological polar surface area (TPSA) is 93.8 Å². The van der Waals surface area contributed by atoms with Gasteiger partial charge in [-0.15, -0.1) is 0 Å². The molecule has 8 heteroatoms. The summed E-state index contributed by atoms with van der Waals surface area (Å²) in [6, 6.07) is 7.12. The van der Waals surface area contributed by atoms with Crippen LogP contribution in [0.5, 0.6) is 0 Å². The van der Waals surface area contributed by atoms with Crippen molar-refractivity contribution >= 4 is 22.8 Å². The molecule has 2 heterocycles. The Morgan fingerprint density at radius 3 is 2.60 bits per heavy atom. The molecule has 0 aliphatic heterocycles. The Morgan fingerprint density at radius 2 is 1.96 bits per heavy atom. The quantitative estimate of drug-likeness (QED) is 0.703. The molecule has 2 N–H and O–H groups in total. The molecule has 25 heavy (non-hydrogen) atoms. The number of nitrogens with one attached hydrogen (secondary N) is 2. The van der Waals surface area contributed by atoms with Gasteiger partial charge < -0.3 is 0 Å². The summed E-state index contributed by atoms with van der Waals surface area (Å²) in [5.74, 6) is -0.0353. The van der Waals surface area contributed by atoms with Gasteiger partial charge >= 0.3 is 0 Å². The number of benzene rings is 1. The first-order valence-electron chi connectivity index (χ1n) is 8.00. The molecule has 0 bridgehead atoms. The minimum absolute atomic E-state index is 0.154. The first-order valence-corrected chi connectivity index (χ1v) is 8.00. The van der Waals surface area contributed by atoms with Gasteiger partial charge in [0.05, 0.1) is 22.2 Å². The molecule has 2 aromatic heterocycles. The second-order valence-electron chi connectivity index (χ2n) is 5.75. The summed E-state index contributed by atoms with van der Waals surface area (Å²) in [5.41, 5.74) is 7.70. The summed E-state index contributed by atoms with van der Waals surface area (Å²) < 4.78 is 3.13. The Hall–Kier alpha value is -3.16. The molecule has 0 saturated heterocycles. The van der Waals surface area contributed by atoms with Gasteiger partial charge in [0.1, 0.15) is 0 Å². The van der Waals surface area contributed by atoms with Crippen LogP contribution < -0.4 is 16.4 Å². The molecule has 1 aromatic carbocycles. The molecule has 0 aliphatic carbocycles. The number of aromatic nitrogens is 4. The molecule has 0 radical (unpaired) electrons. The van der Waals surface area contributed by atoms with Crippen molar-refractivity contribution in [2.75, 3.05) is 5.43 Å². The van der Waals surface area contributed by atoms with Crippen LogP contribution >= 0.6 is 0 Å². The maximum Gasteiger partial charge on any atom is 0.273 e. The van der Waals surface area contributed by atoms with Gasteiger partial charge in [-0.25, -0.2) is 4.98 Å². The van der Waals surface area contributed by atoms with E-state index in [1.807, 2.05) is 19.9 Å². The van der Waals surface area contributed by atoms with Crippen molar-refractivity contribution in [3.63, 3.8) is 0 Å². The van der Waals surface area contributed by atoms with E-state index in [0.29, 0.717) is 34.7 Å². The first kappa shape index (κ1) is 16.7. The van der Waals surface area contributed by atoms with Crippen LogP contribution in [0.2, 0.25) is 0 Å². The van der Waals surface area contributed by atoms with Crippen LogP contribution in [-0.2, 0) is 13.6 Å². The highest BCUT2D eigenvalue weighted by Gasteiger charge is 2.18. The fraction of sp³-hybridized carbons (Fsp3) is 0.294. The van der Waals surface area contributed by atoms with E-state index in [9.17, 15) is 9.59 Å². The lowest BCUT2D eigenvalue weighted by molar-refractivity contribution is 0.0960. The zero-order chi connectivity index (χ0) is 18.1. The van der Waals surface area contributed by atoms with Crippen LogP contribution in [0.3, 0.4) is 0 Å². The standard InChI is InChI=1S/C17H20N6O2/c1-5-23-16(25)12-8-6-7-9-13(12)18-17(23)20-19-15(24)14-10(2)21-22(4)11(14)3/h6-9H,5H2,1-4H3,(H,18,20)(H,19,24). The number of anilines is 1. The summed E-state index contributed by atoms with van der Waals surface area (Å²) in [6.45, 7) is 5.88. The molecule has 0 fully saturated rings. The van der Waals surface area contributed by atoms with Gasteiger partial charge in [0.25, 0.3) is 11.5 Å². The molecule has 0 unspecified atom stereocenters. The molecular formula is C17H20N6O2. The number of carbonyl (C=O) groups is 1. The highest BCUT2D eigenvalue weighted by molar-refractivity contribution is 5.97. The lowest BCUT2D eigenvalue weighted by atomic mass is 10.2. The Morgan fingerprint density at radius 1 is 1.24 bits per heavy atom. The molecule has 0 atom stereocenters. The highest BCUT2D eigenvalue weighted by atomic mass is 16.2. The van der Waals surface area contributed by atoms with Crippen LogP contribution in [0.4, 0.5) is 5.95 Å². The summed E-state index contributed by atoms with van der Waals surface area (Å²) in [5, 5.41) is 4.77. The van der Waals surface area contributed by atoms with E-state index < -0.39 is 0 Å². The number of hydrogen-bond donors (Lipinski definition) is 2. The largest absolute Gasteiger partial charge is 0.277 e. The minimum atomic E-state index is -0.326. The third kappa shape index (κ3) is 2.86. The fourth-order valence-corrected chi connectivity index (χ4v) is 2.83. The van der Waals surface area contributed by atoms with Gasteiger partial charge in [-0.2, -0.15) is 5.10 Å². The number of hydrazine groups is 1. The Labute approximate surface area is 144 Å². The summed E-state index contributed by atoms with van der Waals surface area (Å²) in [4.78, 5) is 29.5. The molecule has 0 spiro atoms. The fourth-order valence-electron chi connectivity index (χ4n) is 2.83. The van der Waals surface area contributed by atoms with E-state index in [4.69, 9.17) is 0 Å². The third-order valence-electron chi connectivity index (χ3n) is 4.20. The Kier molecular flexibility index (Phi) is 4.26. The average Bonchev–Trinajstić information content (AvgIpc) is 2.85. The SMILES string of the molecule is CCn1c(NNC(=O)c2c(C)nn(C)c2C)nc2ccccc2c1=O.